The Kier molecular flexibility index (Phi) is 4.24. The first-order chi connectivity index (χ1) is 10.8. The van der Waals surface area contributed by atoms with Gasteiger partial charge in [0.05, 0.1) is 6.42 Å². The number of carbonyl (C=O) groups is 1. The molecule has 0 unspecified atom stereocenters. The van der Waals surface area contributed by atoms with Crippen LogP contribution >= 0.6 is 0 Å². The van der Waals surface area contributed by atoms with Gasteiger partial charge in [-0.2, -0.15) is 5.21 Å². The summed E-state index contributed by atoms with van der Waals surface area (Å²) in [5, 5.41) is 21.7. The number of aromatic nitrogens is 4. The fraction of sp³-hybridized carbons (Fsp3) is 0.200. The molecular weight excluding hydrogens is 280 g/mol. The van der Waals surface area contributed by atoms with Gasteiger partial charge < -0.3 is 10.6 Å². The van der Waals surface area contributed by atoms with Crippen molar-refractivity contribution in [1.29, 1.82) is 0 Å². The number of anilines is 1. The average molecular weight is 296 g/mol. The van der Waals surface area contributed by atoms with E-state index >= 15 is 0 Å². The molecule has 3 N–H and O–H groups in total. The first-order valence-electron chi connectivity index (χ1n) is 7.03. The summed E-state index contributed by atoms with van der Waals surface area (Å²) in [6, 6.07) is 14.3. The van der Waals surface area contributed by atoms with Gasteiger partial charge in [0.1, 0.15) is 0 Å². The van der Waals surface area contributed by atoms with Crippen LogP contribution in [0.1, 0.15) is 5.82 Å². The summed E-state index contributed by atoms with van der Waals surface area (Å²) in [4.78, 5) is 11.7. The van der Waals surface area contributed by atoms with Gasteiger partial charge in [-0.05, 0) is 11.5 Å². The Morgan fingerprint density at radius 2 is 1.95 bits per heavy atom. The highest BCUT2D eigenvalue weighted by molar-refractivity contribution is 5.93. The Bertz CT molecular complexity index is 750. The molecule has 0 saturated carbocycles. The van der Waals surface area contributed by atoms with E-state index in [-0.39, 0.29) is 12.3 Å². The molecule has 0 aliphatic carbocycles. The molecule has 0 saturated heterocycles. The molecule has 3 aromatic rings. The highest BCUT2D eigenvalue weighted by atomic mass is 16.1. The molecule has 0 bridgehead atoms. The second-order valence-corrected chi connectivity index (χ2v) is 4.81. The number of aromatic amines is 1. The van der Waals surface area contributed by atoms with Crippen molar-refractivity contribution in [3.63, 3.8) is 0 Å². The predicted molar refractivity (Wildman–Crippen MR) is 83.3 cm³/mol. The minimum absolute atomic E-state index is 0.124. The van der Waals surface area contributed by atoms with Gasteiger partial charge in [0, 0.05) is 24.2 Å². The van der Waals surface area contributed by atoms with Crippen molar-refractivity contribution in [2.45, 2.75) is 6.42 Å². The van der Waals surface area contributed by atoms with Gasteiger partial charge in [0.2, 0.25) is 5.91 Å². The average Bonchev–Trinajstić information content (AvgIpc) is 3.04. The van der Waals surface area contributed by atoms with Crippen LogP contribution in [-0.2, 0) is 11.2 Å². The molecule has 1 heterocycles. The van der Waals surface area contributed by atoms with Crippen LogP contribution in [0.25, 0.3) is 10.8 Å². The summed E-state index contributed by atoms with van der Waals surface area (Å²) in [7, 11) is 0. The molecule has 7 heteroatoms. The number of hydrogen-bond donors (Lipinski definition) is 3. The van der Waals surface area contributed by atoms with Gasteiger partial charge in [-0.3, -0.25) is 4.79 Å². The van der Waals surface area contributed by atoms with Crippen LogP contribution in [0, 0.1) is 0 Å². The molecule has 2 aromatic carbocycles. The number of amides is 1. The maximum Gasteiger partial charge on any atom is 0.227 e. The van der Waals surface area contributed by atoms with E-state index in [9.17, 15) is 4.79 Å². The van der Waals surface area contributed by atoms with Crippen LogP contribution in [-0.4, -0.2) is 39.6 Å². The smallest absolute Gasteiger partial charge is 0.227 e. The van der Waals surface area contributed by atoms with Crippen LogP contribution in [0.15, 0.2) is 42.5 Å². The molecule has 0 fully saturated rings. The van der Waals surface area contributed by atoms with E-state index in [1.807, 2.05) is 24.3 Å². The zero-order valence-electron chi connectivity index (χ0n) is 11.9. The second-order valence-electron chi connectivity index (χ2n) is 4.81. The molecule has 22 heavy (non-hydrogen) atoms. The molecule has 0 aliphatic rings. The van der Waals surface area contributed by atoms with E-state index in [4.69, 9.17) is 0 Å². The van der Waals surface area contributed by atoms with Gasteiger partial charge in [0.25, 0.3) is 0 Å². The highest BCUT2D eigenvalue weighted by Gasteiger charge is 2.06. The highest BCUT2D eigenvalue weighted by Crippen LogP contribution is 2.22. The maximum atomic E-state index is 11.7. The van der Waals surface area contributed by atoms with Crippen molar-refractivity contribution in [2.24, 2.45) is 0 Å². The molecular formula is C15H16N6O. The maximum absolute atomic E-state index is 11.7. The van der Waals surface area contributed by atoms with E-state index in [1.54, 1.807) is 0 Å². The third-order valence-corrected chi connectivity index (χ3v) is 3.26. The molecule has 0 radical (unpaired) electrons. The van der Waals surface area contributed by atoms with Crippen molar-refractivity contribution >= 4 is 22.4 Å². The van der Waals surface area contributed by atoms with Gasteiger partial charge in [0.15, 0.2) is 5.82 Å². The number of tetrazole rings is 1. The first kappa shape index (κ1) is 14.0. The second kappa shape index (κ2) is 6.66. The molecule has 0 atom stereocenters. The largest absolute Gasteiger partial charge is 0.383 e. The van der Waals surface area contributed by atoms with Gasteiger partial charge in [-0.15, -0.1) is 10.2 Å². The van der Waals surface area contributed by atoms with Crippen LogP contribution in [0.2, 0.25) is 0 Å². The lowest BCUT2D eigenvalue weighted by Crippen LogP contribution is -2.30. The number of nitrogens with one attached hydrogen (secondary N) is 3. The summed E-state index contributed by atoms with van der Waals surface area (Å²) >= 11 is 0. The number of fused-ring (bicyclic) bond motifs is 1. The van der Waals surface area contributed by atoms with Crippen LogP contribution < -0.4 is 10.6 Å². The minimum Gasteiger partial charge on any atom is -0.383 e. The Hall–Kier alpha value is -2.96. The summed E-state index contributed by atoms with van der Waals surface area (Å²) in [5.41, 5.74) is 1.06. The molecule has 0 aliphatic heterocycles. The SMILES string of the molecule is O=C(Cc1nn[nH]n1)NCCNc1cccc2ccccc12. The topological polar surface area (TPSA) is 95.6 Å². The first-order valence-corrected chi connectivity index (χ1v) is 7.03. The third-order valence-electron chi connectivity index (χ3n) is 3.26. The van der Waals surface area contributed by atoms with Crippen molar-refractivity contribution in [1.82, 2.24) is 25.9 Å². The standard InChI is InChI=1S/C15H16N6O/c22-15(10-14-18-20-21-19-14)17-9-8-16-13-7-3-5-11-4-1-2-6-12(11)13/h1-7,16H,8-10H2,(H,17,22)(H,18,19,20,21). The number of benzene rings is 2. The third kappa shape index (κ3) is 3.38. The van der Waals surface area contributed by atoms with Crippen molar-refractivity contribution in [3.8, 4) is 0 Å². The quantitative estimate of drug-likeness (QED) is 0.593. The number of rotatable bonds is 6. The van der Waals surface area contributed by atoms with E-state index in [0.29, 0.717) is 18.9 Å². The summed E-state index contributed by atoms with van der Waals surface area (Å²) in [6.07, 6.45) is 0.130. The molecule has 7 nitrogen and oxygen atoms in total. The zero-order chi connectivity index (χ0) is 15.2. The minimum atomic E-state index is -0.124. The molecule has 1 amide bonds. The van der Waals surface area contributed by atoms with Crippen molar-refractivity contribution in [2.75, 3.05) is 18.4 Å². The Morgan fingerprint density at radius 3 is 2.82 bits per heavy atom. The number of hydrogen-bond acceptors (Lipinski definition) is 5. The summed E-state index contributed by atoms with van der Waals surface area (Å²) in [5.74, 6) is 0.264. The number of nitrogens with zero attached hydrogens (tertiary/aromatic N) is 3. The zero-order valence-corrected chi connectivity index (χ0v) is 11.9. The van der Waals surface area contributed by atoms with E-state index < -0.39 is 0 Å². The molecule has 112 valence electrons. The van der Waals surface area contributed by atoms with Gasteiger partial charge in [-0.1, -0.05) is 41.6 Å². The molecule has 1 aromatic heterocycles. The Labute approximate surface area is 127 Å². The number of carbonyl (C=O) groups excluding carboxylic acids is 1. The van der Waals surface area contributed by atoms with Gasteiger partial charge >= 0.3 is 0 Å². The van der Waals surface area contributed by atoms with E-state index in [1.165, 1.54) is 10.8 Å². The lowest BCUT2D eigenvalue weighted by molar-refractivity contribution is -0.120. The number of H-pyrrole nitrogens is 1. The lowest BCUT2D eigenvalue weighted by atomic mass is 10.1. The summed E-state index contributed by atoms with van der Waals surface area (Å²) in [6.45, 7) is 1.17. The van der Waals surface area contributed by atoms with Crippen LogP contribution in [0.3, 0.4) is 0 Å². The van der Waals surface area contributed by atoms with Crippen LogP contribution in [0.5, 0.6) is 0 Å². The molecule has 0 spiro atoms. The normalized spacial score (nSPS) is 10.5. The van der Waals surface area contributed by atoms with E-state index in [0.717, 1.165) is 5.69 Å². The fourth-order valence-electron chi connectivity index (χ4n) is 2.24. The van der Waals surface area contributed by atoms with Gasteiger partial charge in [-0.25, -0.2) is 0 Å². The van der Waals surface area contributed by atoms with E-state index in [2.05, 4.69) is 49.5 Å². The Balaban J connectivity index is 1.49. The van der Waals surface area contributed by atoms with Crippen LogP contribution in [0.4, 0.5) is 5.69 Å². The predicted octanol–water partition coefficient (Wildman–Crippen LogP) is 1.12. The lowest BCUT2D eigenvalue weighted by Gasteiger charge is -2.10. The fourth-order valence-corrected chi connectivity index (χ4v) is 2.24. The summed E-state index contributed by atoms with van der Waals surface area (Å²) < 4.78 is 0. The van der Waals surface area contributed by atoms with Crippen molar-refractivity contribution in [3.05, 3.63) is 48.3 Å². The Morgan fingerprint density at radius 1 is 1.09 bits per heavy atom. The molecule has 3 rings (SSSR count). The monoisotopic (exact) mass is 296 g/mol. The van der Waals surface area contributed by atoms with Crippen molar-refractivity contribution < 1.29 is 4.79 Å².